The lowest BCUT2D eigenvalue weighted by Crippen LogP contribution is -2.38. The van der Waals surface area contributed by atoms with Gasteiger partial charge in [-0.3, -0.25) is 14.3 Å². The minimum atomic E-state index is 0.0783. The van der Waals surface area contributed by atoms with Gasteiger partial charge in [-0.2, -0.15) is 0 Å². The molecule has 1 amide bonds. The molecular weight excluding hydrogens is 414 g/mol. The summed E-state index contributed by atoms with van der Waals surface area (Å²) in [6, 6.07) is 15.3. The van der Waals surface area contributed by atoms with Crippen LogP contribution in [0, 0.1) is 0 Å². The number of nitrogens with zero attached hydrogens (tertiary/aromatic N) is 4. The molecule has 2 aliphatic rings. The molecule has 1 aromatic carbocycles. The first-order chi connectivity index (χ1) is 14.8. The van der Waals surface area contributed by atoms with Crippen molar-refractivity contribution in [2.45, 2.75) is 43.0 Å². The minimum absolute atomic E-state index is 0.0783. The highest BCUT2D eigenvalue weighted by Gasteiger charge is 2.31. The van der Waals surface area contributed by atoms with E-state index in [9.17, 15) is 4.79 Å². The van der Waals surface area contributed by atoms with Crippen molar-refractivity contribution < 1.29 is 4.79 Å². The molecule has 2 aromatic heterocycles. The first kappa shape index (κ1) is 19.8. The van der Waals surface area contributed by atoms with Gasteiger partial charge in [-0.1, -0.05) is 48.2 Å². The molecule has 3 aromatic rings. The zero-order valence-electron chi connectivity index (χ0n) is 16.7. The Hall–Kier alpha value is -2.16. The van der Waals surface area contributed by atoms with Crippen molar-refractivity contribution in [3.63, 3.8) is 0 Å². The first-order valence-electron chi connectivity index (χ1n) is 10.4. The maximum absolute atomic E-state index is 12.6. The Morgan fingerprint density at radius 3 is 2.77 bits per heavy atom. The van der Waals surface area contributed by atoms with E-state index in [0.29, 0.717) is 11.8 Å². The van der Waals surface area contributed by atoms with Gasteiger partial charge in [-0.05, 0) is 36.3 Å². The SMILES string of the molecule is O=C(CSc1nnc(-c2cccs2)n1C1CC1)N[C@@H]1CCN(Cc2ccccc2)C1. The Morgan fingerprint density at radius 1 is 1.13 bits per heavy atom. The fraction of sp³-hybridized carbons (Fsp3) is 0.409. The zero-order chi connectivity index (χ0) is 20.3. The maximum Gasteiger partial charge on any atom is 0.230 e. The topological polar surface area (TPSA) is 63.1 Å². The van der Waals surface area contributed by atoms with Crippen LogP contribution in [-0.4, -0.2) is 50.5 Å². The lowest BCUT2D eigenvalue weighted by Gasteiger charge is -2.16. The van der Waals surface area contributed by atoms with Crippen LogP contribution in [0.25, 0.3) is 10.7 Å². The number of benzene rings is 1. The summed E-state index contributed by atoms with van der Waals surface area (Å²) in [5, 5.41) is 14.9. The molecule has 0 radical (unpaired) electrons. The van der Waals surface area contributed by atoms with Gasteiger partial charge in [0.05, 0.1) is 10.6 Å². The standard InChI is InChI=1S/C22H25N5OS2/c28-20(23-17-10-11-26(14-17)13-16-5-2-1-3-6-16)15-30-22-25-24-21(19-7-4-12-29-19)27(22)18-8-9-18/h1-7,12,17-18H,8-11,13-15H2,(H,23,28)/t17-/m1/s1. The second-order valence-corrected chi connectivity index (χ2v) is 9.84. The Labute approximate surface area is 184 Å². The van der Waals surface area contributed by atoms with Gasteiger partial charge in [0.2, 0.25) is 5.91 Å². The number of carbonyl (C=O) groups is 1. The third-order valence-corrected chi connectivity index (χ3v) is 7.35. The molecule has 6 nitrogen and oxygen atoms in total. The van der Waals surface area contributed by atoms with E-state index in [2.05, 4.69) is 60.7 Å². The van der Waals surface area contributed by atoms with Gasteiger partial charge in [0, 0.05) is 31.7 Å². The Morgan fingerprint density at radius 2 is 2.00 bits per heavy atom. The number of thiophene rings is 1. The van der Waals surface area contributed by atoms with Crippen molar-refractivity contribution in [1.82, 2.24) is 25.0 Å². The number of hydrogen-bond donors (Lipinski definition) is 1. The van der Waals surface area contributed by atoms with Gasteiger partial charge < -0.3 is 5.32 Å². The quantitative estimate of drug-likeness (QED) is 0.541. The Kier molecular flexibility index (Phi) is 5.88. The summed E-state index contributed by atoms with van der Waals surface area (Å²) in [6.07, 6.45) is 3.33. The maximum atomic E-state index is 12.6. The molecule has 1 saturated heterocycles. The molecule has 1 atom stereocenters. The summed E-state index contributed by atoms with van der Waals surface area (Å²) < 4.78 is 2.22. The second-order valence-electron chi connectivity index (χ2n) is 7.95. The van der Waals surface area contributed by atoms with Crippen LogP contribution in [0.4, 0.5) is 0 Å². The average molecular weight is 440 g/mol. The molecule has 0 spiro atoms. The van der Waals surface area contributed by atoms with E-state index in [1.807, 2.05) is 12.1 Å². The number of nitrogens with one attached hydrogen (secondary N) is 1. The highest BCUT2D eigenvalue weighted by Crippen LogP contribution is 2.41. The van der Waals surface area contributed by atoms with Crippen molar-refractivity contribution in [3.8, 4) is 10.7 Å². The summed E-state index contributed by atoms with van der Waals surface area (Å²) >= 11 is 3.18. The van der Waals surface area contributed by atoms with E-state index >= 15 is 0 Å². The number of thioether (sulfide) groups is 1. The number of aromatic nitrogens is 3. The number of carbonyl (C=O) groups excluding carboxylic acids is 1. The largest absolute Gasteiger partial charge is 0.351 e. The molecule has 1 N–H and O–H groups in total. The van der Waals surface area contributed by atoms with Crippen LogP contribution in [0.15, 0.2) is 53.0 Å². The fourth-order valence-corrected chi connectivity index (χ4v) is 5.47. The molecule has 30 heavy (non-hydrogen) atoms. The van der Waals surface area contributed by atoms with Crippen molar-refractivity contribution in [2.24, 2.45) is 0 Å². The molecule has 1 saturated carbocycles. The van der Waals surface area contributed by atoms with Crippen LogP contribution < -0.4 is 5.32 Å². The van der Waals surface area contributed by atoms with Gasteiger partial charge >= 0.3 is 0 Å². The van der Waals surface area contributed by atoms with Crippen molar-refractivity contribution >= 4 is 29.0 Å². The van der Waals surface area contributed by atoms with Gasteiger partial charge in [-0.25, -0.2) is 0 Å². The lowest BCUT2D eigenvalue weighted by molar-refractivity contribution is -0.119. The molecule has 1 aliphatic carbocycles. The number of amides is 1. The predicted molar refractivity (Wildman–Crippen MR) is 121 cm³/mol. The highest BCUT2D eigenvalue weighted by molar-refractivity contribution is 7.99. The molecule has 0 bridgehead atoms. The second kappa shape index (κ2) is 8.91. The predicted octanol–water partition coefficient (Wildman–Crippen LogP) is 3.82. The van der Waals surface area contributed by atoms with E-state index < -0.39 is 0 Å². The smallest absolute Gasteiger partial charge is 0.230 e. The molecule has 0 unspecified atom stereocenters. The third-order valence-electron chi connectivity index (χ3n) is 5.54. The summed E-state index contributed by atoms with van der Waals surface area (Å²) in [5.74, 6) is 1.39. The van der Waals surface area contributed by atoms with Gasteiger partial charge in [0.25, 0.3) is 0 Å². The monoisotopic (exact) mass is 439 g/mol. The van der Waals surface area contributed by atoms with Crippen LogP contribution in [0.5, 0.6) is 0 Å². The van der Waals surface area contributed by atoms with Gasteiger partial charge in [-0.15, -0.1) is 21.5 Å². The van der Waals surface area contributed by atoms with Crippen LogP contribution >= 0.6 is 23.1 Å². The number of rotatable bonds is 8. The Bertz CT molecular complexity index is 984. The Balaban J connectivity index is 1.14. The summed E-state index contributed by atoms with van der Waals surface area (Å²) in [7, 11) is 0. The molecule has 8 heteroatoms. The molecular formula is C22H25N5OS2. The van der Waals surface area contributed by atoms with Gasteiger partial charge in [0.15, 0.2) is 11.0 Å². The summed E-state index contributed by atoms with van der Waals surface area (Å²) in [5.41, 5.74) is 1.32. The summed E-state index contributed by atoms with van der Waals surface area (Å²) in [6.45, 7) is 2.87. The molecule has 156 valence electrons. The lowest BCUT2D eigenvalue weighted by atomic mass is 10.2. The zero-order valence-corrected chi connectivity index (χ0v) is 18.4. The molecule has 1 aliphatic heterocycles. The average Bonchev–Trinajstić information content (AvgIpc) is 3.14. The highest BCUT2D eigenvalue weighted by atomic mass is 32.2. The van der Waals surface area contributed by atoms with Crippen molar-refractivity contribution in [1.29, 1.82) is 0 Å². The fourth-order valence-electron chi connectivity index (χ4n) is 3.95. The van der Waals surface area contributed by atoms with Crippen LogP contribution in [0.3, 0.4) is 0 Å². The molecule has 2 fully saturated rings. The van der Waals surface area contributed by atoms with E-state index in [1.165, 1.54) is 17.3 Å². The normalized spacial score (nSPS) is 19.3. The van der Waals surface area contributed by atoms with E-state index in [4.69, 9.17) is 0 Å². The third kappa shape index (κ3) is 4.61. The van der Waals surface area contributed by atoms with Crippen molar-refractivity contribution in [3.05, 3.63) is 53.4 Å². The van der Waals surface area contributed by atoms with Crippen LogP contribution in [-0.2, 0) is 11.3 Å². The van der Waals surface area contributed by atoms with Crippen molar-refractivity contribution in [2.75, 3.05) is 18.8 Å². The van der Waals surface area contributed by atoms with Crippen LogP contribution in [0.2, 0.25) is 0 Å². The molecule has 5 rings (SSSR count). The van der Waals surface area contributed by atoms with E-state index in [0.717, 1.165) is 54.8 Å². The number of likely N-dealkylation sites (tertiary alicyclic amines) is 1. The molecule has 3 heterocycles. The first-order valence-corrected chi connectivity index (χ1v) is 12.3. The van der Waals surface area contributed by atoms with Gasteiger partial charge in [0.1, 0.15) is 0 Å². The van der Waals surface area contributed by atoms with Crippen LogP contribution in [0.1, 0.15) is 30.9 Å². The minimum Gasteiger partial charge on any atom is -0.351 e. The van der Waals surface area contributed by atoms with E-state index in [1.54, 1.807) is 11.3 Å². The van der Waals surface area contributed by atoms with E-state index in [-0.39, 0.29) is 11.9 Å². The summed E-state index contributed by atoms with van der Waals surface area (Å²) in [4.78, 5) is 16.1. The number of hydrogen-bond acceptors (Lipinski definition) is 6.